The number of carboxylic acid groups (broad SMARTS) is 1. The Morgan fingerprint density at radius 1 is 1.04 bits per heavy atom. The van der Waals surface area contributed by atoms with Gasteiger partial charge in [0.05, 0.1) is 12.5 Å². The number of carbonyl (C=O) groups is 4. The molecule has 0 aromatic heterocycles. The molecule has 0 aromatic rings. The lowest BCUT2D eigenvalue weighted by Crippen LogP contribution is -2.35. The van der Waals surface area contributed by atoms with Crippen LogP contribution < -0.4 is 16.0 Å². The number of aliphatic carboxylic acids is 1. The van der Waals surface area contributed by atoms with Gasteiger partial charge in [-0.15, -0.1) is 0 Å². The third kappa shape index (κ3) is 11.6. The van der Waals surface area contributed by atoms with Crippen LogP contribution in [0, 0.1) is 0 Å². The molecule has 0 rings (SSSR count). The van der Waals surface area contributed by atoms with Gasteiger partial charge in [-0.25, -0.2) is 0 Å². The summed E-state index contributed by atoms with van der Waals surface area (Å²) < 4.78 is 0. The largest absolute Gasteiger partial charge is 0.481 e. The first-order valence-corrected chi connectivity index (χ1v) is 8.21. The molecule has 2 atom stereocenters. The van der Waals surface area contributed by atoms with Gasteiger partial charge < -0.3 is 21.1 Å². The van der Waals surface area contributed by atoms with Gasteiger partial charge >= 0.3 is 5.97 Å². The van der Waals surface area contributed by atoms with Gasteiger partial charge in [0, 0.05) is 25.4 Å². The molecule has 8 heteroatoms. The summed E-state index contributed by atoms with van der Waals surface area (Å²) >= 11 is 0. The molecule has 0 fully saturated rings. The molecule has 0 bridgehead atoms. The minimum Gasteiger partial charge on any atom is -0.481 e. The zero-order valence-corrected chi connectivity index (χ0v) is 14.7. The van der Waals surface area contributed by atoms with Gasteiger partial charge in [-0.05, 0) is 40.2 Å². The molecule has 0 aliphatic rings. The van der Waals surface area contributed by atoms with Crippen molar-refractivity contribution in [2.75, 3.05) is 13.6 Å². The number of amides is 2. The molecule has 0 spiro atoms. The first kappa shape index (κ1) is 22.0. The number of likely N-dealkylation sites (N-methyl/N-ethyl adjacent to an activating group) is 1. The molecule has 8 nitrogen and oxygen atoms in total. The predicted molar refractivity (Wildman–Crippen MR) is 89.5 cm³/mol. The van der Waals surface area contributed by atoms with Crippen molar-refractivity contribution in [3.05, 3.63) is 0 Å². The van der Waals surface area contributed by atoms with Crippen molar-refractivity contribution in [1.29, 1.82) is 0 Å². The van der Waals surface area contributed by atoms with Crippen LogP contribution in [-0.2, 0) is 19.2 Å². The fourth-order valence-corrected chi connectivity index (χ4v) is 2.23. The smallest absolute Gasteiger partial charge is 0.305 e. The maximum Gasteiger partial charge on any atom is 0.305 e. The van der Waals surface area contributed by atoms with E-state index in [4.69, 9.17) is 5.11 Å². The summed E-state index contributed by atoms with van der Waals surface area (Å²) in [4.78, 5) is 44.9. The number of hydrogen-bond donors (Lipinski definition) is 4. The summed E-state index contributed by atoms with van der Waals surface area (Å²) in [6.45, 7) is 3.65. The summed E-state index contributed by atoms with van der Waals surface area (Å²) in [5.74, 6) is -1.43. The number of Topliss-reactive ketones (excluding diaryl/α,β-unsaturated/α-hetero) is 1. The number of carboxylic acids is 1. The molecule has 0 aliphatic heterocycles. The molecule has 0 unspecified atom stereocenters. The van der Waals surface area contributed by atoms with Crippen LogP contribution in [-0.4, -0.2) is 54.3 Å². The molecule has 0 saturated heterocycles. The lowest BCUT2D eigenvalue weighted by Gasteiger charge is -2.12. The molecule has 2 amide bonds. The Bertz CT molecular complexity index is 439. The summed E-state index contributed by atoms with van der Waals surface area (Å²) in [6, 6.07) is -0.600. The Balaban J connectivity index is 3.74. The van der Waals surface area contributed by atoms with E-state index in [1.807, 2.05) is 0 Å². The van der Waals surface area contributed by atoms with Crippen LogP contribution in [0.4, 0.5) is 0 Å². The van der Waals surface area contributed by atoms with E-state index in [0.29, 0.717) is 6.54 Å². The summed E-state index contributed by atoms with van der Waals surface area (Å²) in [6.07, 6.45) is 2.26. The first-order chi connectivity index (χ1) is 11.3. The van der Waals surface area contributed by atoms with Gasteiger partial charge in [-0.3, -0.25) is 19.2 Å². The highest BCUT2D eigenvalue weighted by atomic mass is 16.4. The number of carbonyl (C=O) groups excluding carboxylic acids is 3. The third-order valence-electron chi connectivity index (χ3n) is 3.55. The zero-order chi connectivity index (χ0) is 18.5. The number of ketones is 1. The molecule has 0 saturated carbocycles. The van der Waals surface area contributed by atoms with E-state index in [2.05, 4.69) is 16.0 Å². The third-order valence-corrected chi connectivity index (χ3v) is 3.55. The molecular formula is C16H29N3O5. The Labute approximate surface area is 142 Å². The lowest BCUT2D eigenvalue weighted by molar-refractivity contribution is -0.137. The van der Waals surface area contributed by atoms with Gasteiger partial charge in [-0.1, -0.05) is 0 Å². The van der Waals surface area contributed by atoms with Crippen molar-refractivity contribution in [3.63, 3.8) is 0 Å². The number of rotatable bonds is 13. The van der Waals surface area contributed by atoms with Gasteiger partial charge in [0.2, 0.25) is 11.8 Å². The molecule has 138 valence electrons. The average Bonchev–Trinajstić information content (AvgIpc) is 2.47. The van der Waals surface area contributed by atoms with Crippen LogP contribution in [0.15, 0.2) is 0 Å². The van der Waals surface area contributed by atoms with Gasteiger partial charge in [0.15, 0.2) is 0 Å². The Morgan fingerprint density at radius 2 is 1.67 bits per heavy atom. The van der Waals surface area contributed by atoms with E-state index in [-0.39, 0.29) is 42.9 Å². The van der Waals surface area contributed by atoms with Crippen LogP contribution in [0.5, 0.6) is 0 Å². The van der Waals surface area contributed by atoms with E-state index in [0.717, 1.165) is 19.3 Å². The monoisotopic (exact) mass is 343 g/mol. The van der Waals surface area contributed by atoms with Crippen molar-refractivity contribution in [3.8, 4) is 0 Å². The lowest BCUT2D eigenvalue weighted by atomic mass is 10.1. The molecule has 0 radical (unpaired) electrons. The topological polar surface area (TPSA) is 125 Å². The van der Waals surface area contributed by atoms with E-state index in [1.165, 1.54) is 0 Å². The van der Waals surface area contributed by atoms with Crippen molar-refractivity contribution >= 4 is 23.6 Å². The highest BCUT2D eigenvalue weighted by molar-refractivity contribution is 5.84. The van der Waals surface area contributed by atoms with Crippen molar-refractivity contribution in [1.82, 2.24) is 16.0 Å². The highest BCUT2D eigenvalue weighted by Gasteiger charge is 2.13. The molecule has 24 heavy (non-hydrogen) atoms. The predicted octanol–water partition coefficient (Wildman–Crippen LogP) is 0.210. The fourth-order valence-electron chi connectivity index (χ4n) is 2.23. The van der Waals surface area contributed by atoms with Gasteiger partial charge in [0.1, 0.15) is 5.78 Å². The van der Waals surface area contributed by atoms with E-state index >= 15 is 0 Å². The normalized spacial score (nSPS) is 13.0. The van der Waals surface area contributed by atoms with Crippen LogP contribution in [0.2, 0.25) is 0 Å². The average molecular weight is 343 g/mol. The SMILES string of the molecule is CN[C@@H](CCCCNC(=O)CCC(=O)N[C@@H](C)CC(=O)O)C(C)=O. The highest BCUT2D eigenvalue weighted by Crippen LogP contribution is 2.01. The second-order valence-electron chi connectivity index (χ2n) is 5.86. The summed E-state index contributed by atoms with van der Waals surface area (Å²) in [7, 11) is 1.75. The van der Waals surface area contributed by atoms with Gasteiger partial charge in [-0.2, -0.15) is 0 Å². The summed E-state index contributed by atoms with van der Waals surface area (Å²) in [5, 5.41) is 16.8. The second kappa shape index (κ2) is 12.5. The Hall–Kier alpha value is -1.96. The first-order valence-electron chi connectivity index (χ1n) is 8.21. The van der Waals surface area contributed by atoms with Crippen LogP contribution in [0.1, 0.15) is 52.4 Å². The minimum absolute atomic E-state index is 0.0297. The fraction of sp³-hybridized carbons (Fsp3) is 0.750. The molecule has 0 aromatic carbocycles. The summed E-state index contributed by atoms with van der Waals surface area (Å²) in [5.41, 5.74) is 0. The number of hydrogen-bond acceptors (Lipinski definition) is 5. The van der Waals surface area contributed by atoms with E-state index in [9.17, 15) is 19.2 Å². The molecular weight excluding hydrogens is 314 g/mol. The Morgan fingerprint density at radius 3 is 2.21 bits per heavy atom. The molecule has 4 N–H and O–H groups in total. The standard InChI is InChI=1S/C16H29N3O5/c1-11(10-16(23)24)19-15(22)8-7-14(21)18-9-5-4-6-13(17-3)12(2)20/h11,13,17H,4-10H2,1-3H3,(H,18,21)(H,19,22)(H,23,24)/t11-,13-/m0/s1. The van der Waals surface area contributed by atoms with E-state index in [1.54, 1.807) is 20.9 Å². The van der Waals surface area contributed by atoms with Crippen molar-refractivity contribution < 1.29 is 24.3 Å². The molecule has 0 aliphatic carbocycles. The molecule has 0 heterocycles. The second-order valence-corrected chi connectivity index (χ2v) is 5.86. The van der Waals surface area contributed by atoms with Crippen molar-refractivity contribution in [2.24, 2.45) is 0 Å². The van der Waals surface area contributed by atoms with E-state index < -0.39 is 12.0 Å². The van der Waals surface area contributed by atoms with Crippen LogP contribution >= 0.6 is 0 Å². The minimum atomic E-state index is -0.981. The number of nitrogens with one attached hydrogen (secondary N) is 3. The van der Waals surface area contributed by atoms with Gasteiger partial charge in [0.25, 0.3) is 0 Å². The van der Waals surface area contributed by atoms with Crippen LogP contribution in [0.3, 0.4) is 0 Å². The van der Waals surface area contributed by atoms with Crippen LogP contribution in [0.25, 0.3) is 0 Å². The number of unbranched alkanes of at least 4 members (excludes halogenated alkanes) is 1. The van der Waals surface area contributed by atoms with Crippen molar-refractivity contribution in [2.45, 2.75) is 64.5 Å². The maximum absolute atomic E-state index is 11.6. The maximum atomic E-state index is 11.6. The zero-order valence-electron chi connectivity index (χ0n) is 14.7. The quantitative estimate of drug-likeness (QED) is 0.354. The Kier molecular flexibility index (Phi) is 11.4.